The second kappa shape index (κ2) is 14.6. The van der Waals surface area contributed by atoms with Crippen LogP contribution in [0.25, 0.3) is 45.0 Å². The first-order valence-electron chi connectivity index (χ1n) is 19.3. The number of hydrogen-bond acceptors (Lipinski definition) is 6. The number of para-hydroxylation sites is 4. The molecule has 0 atom stereocenters. The van der Waals surface area contributed by atoms with Gasteiger partial charge in [-0.1, -0.05) is 157 Å². The molecule has 0 fully saturated rings. The van der Waals surface area contributed by atoms with Crippen molar-refractivity contribution in [2.45, 2.75) is 19.6 Å². The highest BCUT2D eigenvalue weighted by Gasteiger charge is 2.29. The molecule has 0 spiro atoms. The van der Waals surface area contributed by atoms with E-state index < -0.39 is 0 Å². The molecule has 0 aliphatic carbocycles. The summed E-state index contributed by atoms with van der Waals surface area (Å²) in [6, 6.07) is 73.3. The second-order valence-electron chi connectivity index (χ2n) is 14.3. The molecule has 9 aromatic rings. The molecule has 0 bridgehead atoms. The Morgan fingerprint density at radius 1 is 0.293 bits per heavy atom. The lowest BCUT2D eigenvalue weighted by molar-refractivity contribution is 1.14. The van der Waals surface area contributed by atoms with E-state index >= 15 is 0 Å². The van der Waals surface area contributed by atoms with Gasteiger partial charge in [-0.05, 0) is 83.9 Å². The maximum absolute atomic E-state index is 5.40. The topological polar surface area (TPSA) is 32.3 Å². The fraction of sp³-hybridized carbons (Fsp3) is 0. The fourth-order valence-corrected chi connectivity index (χ4v) is 10.0. The molecule has 4 nitrogen and oxygen atoms in total. The molecule has 3 heterocycles. The first-order valence-corrected chi connectivity index (χ1v) is 20.9. The molecule has 0 radical (unpaired) electrons. The number of rotatable bonds is 6. The number of benzene rings is 8. The standard InChI is InChI=1S/C52H34N4S2/c1-3-15-35(16-4-1)36-27-29-38(30-28-36)52-53-42(37-17-5-2-6-18-37)34-43(54-52)39-31-40(55-44-19-7-11-23-48(44)57-49-24-12-8-20-45(49)55)33-41(32-39)56-46-21-9-13-25-50(46)58-51-26-14-10-22-47(51)56/h1-34H. The van der Waals surface area contributed by atoms with E-state index in [1.807, 2.05) is 35.7 Å². The fourth-order valence-electron chi connectivity index (χ4n) is 7.89. The molecule has 58 heavy (non-hydrogen) atoms. The molecule has 8 aromatic carbocycles. The van der Waals surface area contributed by atoms with Crippen LogP contribution in [0, 0.1) is 0 Å². The van der Waals surface area contributed by atoms with Gasteiger partial charge in [0.1, 0.15) is 0 Å². The molecule has 1 aromatic heterocycles. The van der Waals surface area contributed by atoms with Crippen molar-refractivity contribution in [3.63, 3.8) is 0 Å². The van der Waals surface area contributed by atoms with Crippen LogP contribution in [-0.2, 0) is 0 Å². The minimum absolute atomic E-state index is 0.679. The van der Waals surface area contributed by atoms with Crippen molar-refractivity contribution in [3.05, 3.63) is 206 Å². The van der Waals surface area contributed by atoms with Gasteiger partial charge in [0.2, 0.25) is 0 Å². The van der Waals surface area contributed by atoms with Gasteiger partial charge in [-0.15, -0.1) is 0 Å². The highest BCUT2D eigenvalue weighted by atomic mass is 32.2. The lowest BCUT2D eigenvalue weighted by Gasteiger charge is -2.36. The number of hydrogen-bond donors (Lipinski definition) is 0. The molecule has 0 saturated carbocycles. The lowest BCUT2D eigenvalue weighted by Crippen LogP contribution is -2.18. The van der Waals surface area contributed by atoms with Crippen LogP contribution in [0.4, 0.5) is 34.1 Å². The summed E-state index contributed by atoms with van der Waals surface area (Å²) < 4.78 is 0. The van der Waals surface area contributed by atoms with E-state index in [1.54, 1.807) is 0 Å². The summed E-state index contributed by atoms with van der Waals surface area (Å²) in [7, 11) is 0. The van der Waals surface area contributed by atoms with E-state index in [9.17, 15) is 0 Å². The Balaban J connectivity index is 1.15. The van der Waals surface area contributed by atoms with Crippen LogP contribution in [0.3, 0.4) is 0 Å². The average Bonchev–Trinajstić information content (AvgIpc) is 3.30. The molecule has 6 heteroatoms. The van der Waals surface area contributed by atoms with Crippen LogP contribution in [0.5, 0.6) is 0 Å². The third kappa shape index (κ3) is 6.24. The van der Waals surface area contributed by atoms with Crippen LogP contribution in [0.15, 0.2) is 226 Å². The van der Waals surface area contributed by atoms with E-state index in [1.165, 1.54) is 25.1 Å². The Labute approximate surface area is 346 Å². The number of fused-ring (bicyclic) bond motifs is 4. The van der Waals surface area contributed by atoms with Gasteiger partial charge < -0.3 is 9.80 Å². The van der Waals surface area contributed by atoms with Crippen molar-refractivity contribution >= 4 is 57.6 Å². The van der Waals surface area contributed by atoms with Crippen molar-refractivity contribution in [1.82, 2.24) is 9.97 Å². The minimum Gasteiger partial charge on any atom is -0.308 e. The maximum atomic E-state index is 5.40. The summed E-state index contributed by atoms with van der Waals surface area (Å²) in [4.78, 5) is 20.3. The number of anilines is 6. The molecule has 11 rings (SSSR count). The summed E-state index contributed by atoms with van der Waals surface area (Å²) in [6.07, 6.45) is 0. The summed E-state index contributed by atoms with van der Waals surface area (Å²) in [5.41, 5.74) is 13.7. The highest BCUT2D eigenvalue weighted by Crippen LogP contribution is 2.55. The Kier molecular flexibility index (Phi) is 8.64. The second-order valence-corrected chi connectivity index (χ2v) is 16.4. The lowest BCUT2D eigenvalue weighted by atomic mass is 10.0. The number of aromatic nitrogens is 2. The van der Waals surface area contributed by atoms with E-state index in [4.69, 9.17) is 9.97 Å². The van der Waals surface area contributed by atoms with Gasteiger partial charge in [0.15, 0.2) is 5.82 Å². The summed E-state index contributed by atoms with van der Waals surface area (Å²) in [5, 5.41) is 0. The van der Waals surface area contributed by atoms with Crippen molar-refractivity contribution in [2.75, 3.05) is 9.80 Å². The minimum atomic E-state index is 0.679. The molecule has 274 valence electrons. The predicted octanol–water partition coefficient (Wildman–Crippen LogP) is 15.0. The van der Waals surface area contributed by atoms with Crippen LogP contribution >= 0.6 is 23.5 Å². The van der Waals surface area contributed by atoms with Gasteiger partial charge in [0.05, 0.1) is 34.1 Å². The van der Waals surface area contributed by atoms with E-state index in [0.29, 0.717) is 5.82 Å². The van der Waals surface area contributed by atoms with Gasteiger partial charge in [-0.3, -0.25) is 0 Å². The van der Waals surface area contributed by atoms with Crippen molar-refractivity contribution < 1.29 is 0 Å². The third-order valence-corrected chi connectivity index (χ3v) is 12.9. The average molecular weight is 779 g/mol. The monoisotopic (exact) mass is 778 g/mol. The summed E-state index contributed by atoms with van der Waals surface area (Å²) in [5.74, 6) is 0.679. The summed E-state index contributed by atoms with van der Waals surface area (Å²) >= 11 is 3.64. The van der Waals surface area contributed by atoms with Gasteiger partial charge in [0, 0.05) is 47.6 Å². The molecule has 0 saturated heterocycles. The molecule has 2 aliphatic rings. The van der Waals surface area contributed by atoms with Crippen LogP contribution in [-0.4, -0.2) is 9.97 Å². The van der Waals surface area contributed by atoms with Crippen LogP contribution in [0.1, 0.15) is 0 Å². The molecular weight excluding hydrogens is 745 g/mol. The molecule has 0 amide bonds. The Bertz CT molecular complexity index is 2760. The Morgan fingerprint density at radius 3 is 1.12 bits per heavy atom. The molecule has 0 N–H and O–H groups in total. The van der Waals surface area contributed by atoms with E-state index in [0.717, 1.165) is 67.8 Å². The van der Waals surface area contributed by atoms with Crippen LogP contribution < -0.4 is 9.80 Å². The first kappa shape index (κ1) is 34.4. The van der Waals surface area contributed by atoms with Crippen LogP contribution in [0.2, 0.25) is 0 Å². The van der Waals surface area contributed by atoms with E-state index in [-0.39, 0.29) is 0 Å². The van der Waals surface area contributed by atoms with Gasteiger partial charge >= 0.3 is 0 Å². The smallest absolute Gasteiger partial charge is 0.160 e. The largest absolute Gasteiger partial charge is 0.308 e. The maximum Gasteiger partial charge on any atom is 0.160 e. The predicted molar refractivity (Wildman–Crippen MR) is 241 cm³/mol. The zero-order valence-corrected chi connectivity index (χ0v) is 32.9. The van der Waals surface area contributed by atoms with Gasteiger partial charge in [0.25, 0.3) is 0 Å². The van der Waals surface area contributed by atoms with Gasteiger partial charge in [-0.25, -0.2) is 9.97 Å². The van der Waals surface area contributed by atoms with Crippen molar-refractivity contribution in [3.8, 4) is 45.0 Å². The van der Waals surface area contributed by atoms with Gasteiger partial charge in [-0.2, -0.15) is 0 Å². The Hall–Kier alpha value is -6.86. The quantitative estimate of drug-likeness (QED) is 0.167. The molecular formula is C52H34N4S2. The Morgan fingerprint density at radius 2 is 0.655 bits per heavy atom. The SMILES string of the molecule is c1ccc(-c2ccc(-c3nc(-c4ccccc4)cc(-c4cc(N5c6ccccc6Sc6ccccc65)cc(N5c6ccccc6Sc6ccccc65)c4)n3)cc2)cc1. The summed E-state index contributed by atoms with van der Waals surface area (Å²) in [6.45, 7) is 0. The normalized spacial score (nSPS) is 12.6. The van der Waals surface area contributed by atoms with E-state index in [2.05, 4.69) is 204 Å². The third-order valence-electron chi connectivity index (χ3n) is 10.6. The van der Waals surface area contributed by atoms with Crippen molar-refractivity contribution in [1.29, 1.82) is 0 Å². The zero-order chi connectivity index (χ0) is 38.4. The molecule has 2 aliphatic heterocycles. The number of nitrogens with zero attached hydrogens (tertiary/aromatic N) is 4. The van der Waals surface area contributed by atoms with Crippen molar-refractivity contribution in [2.24, 2.45) is 0 Å². The molecule has 0 unspecified atom stereocenters. The highest BCUT2D eigenvalue weighted by molar-refractivity contribution is 8.00. The zero-order valence-electron chi connectivity index (χ0n) is 31.2. The first-order chi connectivity index (χ1) is 28.7.